The van der Waals surface area contributed by atoms with Gasteiger partial charge in [0.05, 0.1) is 24.6 Å². The summed E-state index contributed by atoms with van der Waals surface area (Å²) in [5.74, 6) is 2.07. The van der Waals surface area contributed by atoms with Gasteiger partial charge in [0, 0.05) is 56.7 Å². The fourth-order valence-electron chi connectivity index (χ4n) is 5.65. The Hall–Kier alpha value is -2.96. The maximum atomic E-state index is 14.7. The SMILES string of the molecule is Fc1cc(NCC2C3CN(Cc4ccc(-c5ccccn5)cc4)CC23)ccc1N1CCOCC1. The van der Waals surface area contributed by atoms with Gasteiger partial charge in [-0.15, -0.1) is 0 Å². The van der Waals surface area contributed by atoms with E-state index < -0.39 is 0 Å². The van der Waals surface area contributed by atoms with Crippen LogP contribution in [0.3, 0.4) is 0 Å². The highest BCUT2D eigenvalue weighted by Gasteiger charge is 2.54. The number of halogens is 1. The maximum Gasteiger partial charge on any atom is 0.148 e. The van der Waals surface area contributed by atoms with E-state index in [-0.39, 0.29) is 5.82 Å². The zero-order valence-electron chi connectivity index (χ0n) is 19.4. The largest absolute Gasteiger partial charge is 0.385 e. The molecule has 0 bridgehead atoms. The first kappa shape index (κ1) is 21.6. The molecule has 1 aromatic heterocycles. The molecule has 2 unspecified atom stereocenters. The van der Waals surface area contributed by atoms with Crippen molar-refractivity contribution < 1.29 is 9.13 Å². The molecule has 5 nitrogen and oxygen atoms in total. The van der Waals surface area contributed by atoms with Crippen molar-refractivity contribution >= 4 is 11.4 Å². The number of hydrogen-bond donors (Lipinski definition) is 1. The lowest BCUT2D eigenvalue weighted by molar-refractivity contribution is 0.122. The van der Waals surface area contributed by atoms with Gasteiger partial charge < -0.3 is 15.0 Å². The predicted octanol–water partition coefficient (Wildman–Crippen LogP) is 4.51. The Labute approximate surface area is 200 Å². The molecule has 2 aliphatic heterocycles. The number of morpholine rings is 1. The van der Waals surface area contributed by atoms with Gasteiger partial charge in [0.2, 0.25) is 0 Å². The molecule has 2 saturated heterocycles. The fourth-order valence-corrected chi connectivity index (χ4v) is 5.65. The predicted molar refractivity (Wildman–Crippen MR) is 133 cm³/mol. The van der Waals surface area contributed by atoms with Crippen molar-refractivity contribution in [3.63, 3.8) is 0 Å². The molecule has 0 radical (unpaired) electrons. The van der Waals surface area contributed by atoms with Crippen molar-refractivity contribution in [1.82, 2.24) is 9.88 Å². The lowest BCUT2D eigenvalue weighted by atomic mass is 10.1. The number of rotatable bonds is 7. The van der Waals surface area contributed by atoms with Gasteiger partial charge in [0.1, 0.15) is 5.82 Å². The molecule has 176 valence electrons. The fraction of sp³-hybridized carbons (Fsp3) is 0.393. The van der Waals surface area contributed by atoms with Gasteiger partial charge in [-0.2, -0.15) is 0 Å². The number of benzene rings is 2. The zero-order chi connectivity index (χ0) is 22.9. The van der Waals surface area contributed by atoms with E-state index in [0.717, 1.165) is 68.0 Å². The molecule has 3 aliphatic rings. The zero-order valence-corrected chi connectivity index (χ0v) is 19.4. The molecule has 6 heteroatoms. The first-order chi connectivity index (χ1) is 16.7. The van der Waals surface area contributed by atoms with E-state index in [1.54, 1.807) is 6.07 Å². The number of nitrogens with zero attached hydrogens (tertiary/aromatic N) is 3. The highest BCUT2D eigenvalue weighted by Crippen LogP contribution is 2.51. The number of anilines is 2. The quantitative estimate of drug-likeness (QED) is 0.564. The Morgan fingerprint density at radius 1 is 0.971 bits per heavy atom. The average Bonchev–Trinajstić information content (AvgIpc) is 3.34. The molecular weight excluding hydrogens is 427 g/mol. The Balaban J connectivity index is 0.972. The number of hydrogen-bond acceptors (Lipinski definition) is 5. The van der Waals surface area contributed by atoms with Gasteiger partial charge in [-0.3, -0.25) is 9.88 Å². The number of nitrogens with one attached hydrogen (secondary N) is 1. The topological polar surface area (TPSA) is 40.6 Å². The Bertz CT molecular complexity index is 1110. The maximum absolute atomic E-state index is 14.7. The second-order valence-electron chi connectivity index (χ2n) is 9.74. The summed E-state index contributed by atoms with van der Waals surface area (Å²) in [6.07, 6.45) is 1.84. The van der Waals surface area contributed by atoms with Crippen LogP contribution in [-0.4, -0.2) is 55.8 Å². The van der Waals surface area contributed by atoms with Gasteiger partial charge in [0.15, 0.2) is 0 Å². The third kappa shape index (κ3) is 4.52. The molecule has 2 atom stereocenters. The summed E-state index contributed by atoms with van der Waals surface area (Å²) in [6.45, 7) is 7.07. The van der Waals surface area contributed by atoms with Gasteiger partial charge in [-0.05, 0) is 53.6 Å². The monoisotopic (exact) mass is 458 g/mol. The summed E-state index contributed by atoms with van der Waals surface area (Å²) in [4.78, 5) is 9.06. The van der Waals surface area contributed by atoms with Crippen LogP contribution in [0.1, 0.15) is 5.56 Å². The molecule has 6 rings (SSSR count). The van der Waals surface area contributed by atoms with Crippen LogP contribution >= 0.6 is 0 Å². The highest BCUT2D eigenvalue weighted by molar-refractivity contribution is 5.59. The molecule has 1 aliphatic carbocycles. The smallest absolute Gasteiger partial charge is 0.148 e. The first-order valence-corrected chi connectivity index (χ1v) is 12.3. The molecule has 1 saturated carbocycles. The number of piperidine rings is 1. The van der Waals surface area contributed by atoms with E-state index in [2.05, 4.69) is 44.4 Å². The Morgan fingerprint density at radius 3 is 2.47 bits per heavy atom. The van der Waals surface area contributed by atoms with Crippen LogP contribution in [-0.2, 0) is 11.3 Å². The normalized spacial score (nSPS) is 24.1. The van der Waals surface area contributed by atoms with Crippen LogP contribution in [0.15, 0.2) is 66.9 Å². The number of aromatic nitrogens is 1. The minimum Gasteiger partial charge on any atom is -0.385 e. The van der Waals surface area contributed by atoms with Crippen molar-refractivity contribution in [1.29, 1.82) is 0 Å². The van der Waals surface area contributed by atoms with E-state index >= 15 is 0 Å². The summed E-state index contributed by atoms with van der Waals surface area (Å²) >= 11 is 0. The second kappa shape index (κ2) is 9.35. The van der Waals surface area contributed by atoms with Crippen molar-refractivity contribution in [3.8, 4) is 11.3 Å². The van der Waals surface area contributed by atoms with Crippen molar-refractivity contribution in [2.45, 2.75) is 6.54 Å². The molecule has 0 spiro atoms. The molecular formula is C28H31FN4O. The van der Waals surface area contributed by atoms with Crippen LogP contribution in [0.4, 0.5) is 15.8 Å². The number of fused-ring (bicyclic) bond motifs is 1. The molecule has 2 aromatic carbocycles. The van der Waals surface area contributed by atoms with Crippen LogP contribution in [0, 0.1) is 23.6 Å². The molecule has 0 amide bonds. The summed E-state index contributed by atoms with van der Waals surface area (Å²) in [5, 5.41) is 3.48. The van der Waals surface area contributed by atoms with Crippen LogP contribution < -0.4 is 10.2 Å². The van der Waals surface area contributed by atoms with E-state index in [1.807, 2.05) is 36.5 Å². The molecule has 3 heterocycles. The van der Waals surface area contributed by atoms with E-state index in [4.69, 9.17) is 4.74 Å². The number of pyridine rings is 1. The third-order valence-electron chi connectivity index (χ3n) is 7.61. The van der Waals surface area contributed by atoms with E-state index in [0.29, 0.717) is 24.8 Å². The van der Waals surface area contributed by atoms with Gasteiger partial charge >= 0.3 is 0 Å². The van der Waals surface area contributed by atoms with Crippen LogP contribution in [0.5, 0.6) is 0 Å². The average molecular weight is 459 g/mol. The standard InChI is InChI=1S/C28H31FN4O/c29-26-15-22(8-9-28(26)33-11-13-34-14-12-33)31-16-23-24-18-32(19-25(23)24)17-20-4-6-21(7-5-20)27-3-1-2-10-30-27/h1-10,15,23-25,31H,11-14,16-19H2. The van der Waals surface area contributed by atoms with Gasteiger partial charge in [0.25, 0.3) is 0 Å². The minimum atomic E-state index is -0.150. The minimum absolute atomic E-state index is 0.150. The number of likely N-dealkylation sites (tertiary alicyclic amines) is 1. The summed E-state index contributed by atoms with van der Waals surface area (Å²) in [6, 6.07) is 20.4. The summed E-state index contributed by atoms with van der Waals surface area (Å²) < 4.78 is 20.0. The second-order valence-corrected chi connectivity index (χ2v) is 9.74. The van der Waals surface area contributed by atoms with E-state index in [9.17, 15) is 4.39 Å². The lowest BCUT2D eigenvalue weighted by Gasteiger charge is -2.29. The molecule has 1 N–H and O–H groups in total. The highest BCUT2D eigenvalue weighted by atomic mass is 19.1. The molecule has 34 heavy (non-hydrogen) atoms. The van der Waals surface area contributed by atoms with E-state index in [1.165, 1.54) is 5.56 Å². The van der Waals surface area contributed by atoms with Gasteiger partial charge in [-0.25, -0.2) is 4.39 Å². The van der Waals surface area contributed by atoms with Crippen molar-refractivity contribution in [2.24, 2.45) is 17.8 Å². The lowest BCUT2D eigenvalue weighted by Crippen LogP contribution is -2.36. The number of ether oxygens (including phenoxy) is 1. The van der Waals surface area contributed by atoms with Gasteiger partial charge in [-0.1, -0.05) is 30.3 Å². The summed E-state index contributed by atoms with van der Waals surface area (Å²) in [5.41, 5.74) is 5.09. The van der Waals surface area contributed by atoms with Crippen molar-refractivity contribution in [3.05, 3.63) is 78.2 Å². The summed E-state index contributed by atoms with van der Waals surface area (Å²) in [7, 11) is 0. The molecule has 3 fully saturated rings. The van der Waals surface area contributed by atoms with Crippen LogP contribution in [0.25, 0.3) is 11.3 Å². The third-order valence-corrected chi connectivity index (χ3v) is 7.61. The Morgan fingerprint density at radius 2 is 1.76 bits per heavy atom. The van der Waals surface area contributed by atoms with Crippen LogP contribution in [0.2, 0.25) is 0 Å². The molecule has 3 aromatic rings. The Kier molecular flexibility index (Phi) is 5.93. The first-order valence-electron chi connectivity index (χ1n) is 12.3. The van der Waals surface area contributed by atoms with Crippen molar-refractivity contribution in [2.75, 3.05) is 56.2 Å².